The Kier molecular flexibility index (Phi) is 4.99. The van der Waals surface area contributed by atoms with Crippen LogP contribution in [0.2, 0.25) is 0 Å². The number of nitriles is 1. The molecule has 0 radical (unpaired) electrons. The lowest BCUT2D eigenvalue weighted by molar-refractivity contribution is 0.313. The molecule has 0 amide bonds. The molecule has 114 valence electrons. The Labute approximate surface area is 126 Å². The molecule has 1 N–H and O–H groups in total. The van der Waals surface area contributed by atoms with Crippen LogP contribution in [0.3, 0.4) is 0 Å². The molecule has 1 atom stereocenters. The lowest BCUT2D eigenvalue weighted by Gasteiger charge is -2.21. The number of hydrogen-bond acceptors (Lipinski definition) is 4. The van der Waals surface area contributed by atoms with E-state index in [2.05, 4.69) is 9.62 Å². The highest BCUT2D eigenvalue weighted by molar-refractivity contribution is 7.89. The SMILES string of the molecule is Cc1cc(S(=O)(=O)NC(C)CN2CCCC2)ccc1C#N. The zero-order valence-corrected chi connectivity index (χ0v) is 13.3. The molecular weight excluding hydrogens is 286 g/mol. The molecule has 1 aromatic rings. The number of sulfonamides is 1. The van der Waals surface area contributed by atoms with Gasteiger partial charge in [0.15, 0.2) is 0 Å². The first-order valence-electron chi connectivity index (χ1n) is 7.18. The number of likely N-dealkylation sites (tertiary alicyclic amines) is 1. The smallest absolute Gasteiger partial charge is 0.240 e. The topological polar surface area (TPSA) is 73.2 Å². The van der Waals surface area contributed by atoms with Crippen LogP contribution in [0.5, 0.6) is 0 Å². The normalized spacial score (nSPS) is 17.6. The Hall–Kier alpha value is -1.42. The molecule has 1 heterocycles. The van der Waals surface area contributed by atoms with Crippen LogP contribution in [0.15, 0.2) is 23.1 Å². The number of benzene rings is 1. The van der Waals surface area contributed by atoms with Gasteiger partial charge in [0.25, 0.3) is 0 Å². The van der Waals surface area contributed by atoms with Gasteiger partial charge in [-0.3, -0.25) is 0 Å². The molecule has 0 saturated carbocycles. The van der Waals surface area contributed by atoms with E-state index < -0.39 is 10.0 Å². The van der Waals surface area contributed by atoms with Crippen LogP contribution >= 0.6 is 0 Å². The Bertz CT molecular complexity index is 643. The van der Waals surface area contributed by atoms with E-state index in [0.717, 1.165) is 19.6 Å². The number of hydrogen-bond donors (Lipinski definition) is 1. The molecule has 5 nitrogen and oxygen atoms in total. The molecule has 1 aliphatic heterocycles. The van der Waals surface area contributed by atoms with Crippen molar-refractivity contribution in [3.63, 3.8) is 0 Å². The molecular formula is C15H21N3O2S. The van der Waals surface area contributed by atoms with E-state index in [9.17, 15) is 8.42 Å². The van der Waals surface area contributed by atoms with Crippen LogP contribution in [-0.2, 0) is 10.0 Å². The average molecular weight is 307 g/mol. The second-order valence-corrected chi connectivity index (χ2v) is 7.33. The first-order chi connectivity index (χ1) is 9.92. The van der Waals surface area contributed by atoms with Gasteiger partial charge in [0, 0.05) is 12.6 Å². The van der Waals surface area contributed by atoms with Crippen molar-refractivity contribution in [2.45, 2.75) is 37.6 Å². The fraction of sp³-hybridized carbons (Fsp3) is 0.533. The van der Waals surface area contributed by atoms with E-state index in [1.165, 1.54) is 18.9 Å². The van der Waals surface area contributed by atoms with E-state index in [1.807, 2.05) is 13.0 Å². The molecule has 0 spiro atoms. The molecule has 1 fully saturated rings. The van der Waals surface area contributed by atoms with Crippen molar-refractivity contribution in [1.82, 2.24) is 9.62 Å². The summed E-state index contributed by atoms with van der Waals surface area (Å²) in [5, 5.41) is 8.90. The van der Waals surface area contributed by atoms with Gasteiger partial charge in [-0.25, -0.2) is 13.1 Å². The minimum absolute atomic E-state index is 0.135. The summed E-state index contributed by atoms with van der Waals surface area (Å²) >= 11 is 0. The molecule has 1 aromatic carbocycles. The van der Waals surface area contributed by atoms with Crippen LogP contribution < -0.4 is 4.72 Å². The monoisotopic (exact) mass is 307 g/mol. The zero-order valence-electron chi connectivity index (χ0n) is 12.5. The lowest BCUT2D eigenvalue weighted by atomic mass is 10.1. The fourth-order valence-electron chi connectivity index (χ4n) is 2.65. The van der Waals surface area contributed by atoms with Crippen molar-refractivity contribution in [1.29, 1.82) is 5.26 Å². The van der Waals surface area contributed by atoms with Gasteiger partial charge in [-0.1, -0.05) is 0 Å². The molecule has 2 rings (SSSR count). The van der Waals surface area contributed by atoms with Crippen molar-refractivity contribution in [2.75, 3.05) is 19.6 Å². The third kappa shape index (κ3) is 4.03. The van der Waals surface area contributed by atoms with Gasteiger partial charge < -0.3 is 4.90 Å². The Balaban J connectivity index is 2.07. The number of aryl methyl sites for hydroxylation is 1. The van der Waals surface area contributed by atoms with Crippen molar-refractivity contribution in [3.8, 4) is 6.07 Å². The van der Waals surface area contributed by atoms with Crippen molar-refractivity contribution in [3.05, 3.63) is 29.3 Å². The van der Waals surface area contributed by atoms with Gasteiger partial charge in [-0.15, -0.1) is 0 Å². The summed E-state index contributed by atoms with van der Waals surface area (Å²) in [6.07, 6.45) is 2.38. The van der Waals surface area contributed by atoms with Gasteiger partial charge in [0.05, 0.1) is 16.5 Å². The number of rotatable bonds is 5. The van der Waals surface area contributed by atoms with Crippen LogP contribution in [0, 0.1) is 18.3 Å². The maximum absolute atomic E-state index is 12.4. The summed E-state index contributed by atoms with van der Waals surface area (Å²) < 4.78 is 27.4. The summed E-state index contributed by atoms with van der Waals surface area (Å²) in [6.45, 7) is 6.44. The Morgan fingerprint density at radius 1 is 1.38 bits per heavy atom. The van der Waals surface area contributed by atoms with Crippen molar-refractivity contribution >= 4 is 10.0 Å². The highest BCUT2D eigenvalue weighted by atomic mass is 32.2. The molecule has 1 aliphatic rings. The second kappa shape index (κ2) is 6.56. The maximum atomic E-state index is 12.4. The fourth-order valence-corrected chi connectivity index (χ4v) is 3.97. The summed E-state index contributed by atoms with van der Waals surface area (Å²) in [5.74, 6) is 0. The van der Waals surface area contributed by atoms with Crippen molar-refractivity contribution < 1.29 is 8.42 Å². The summed E-state index contributed by atoms with van der Waals surface area (Å²) in [6, 6.07) is 6.48. The standard InChI is InChI=1S/C15H21N3O2S/c1-12-9-15(6-5-14(12)10-16)21(19,20)17-13(2)11-18-7-3-4-8-18/h5-6,9,13,17H,3-4,7-8,11H2,1-2H3. The van der Waals surface area contributed by atoms with E-state index >= 15 is 0 Å². The quantitative estimate of drug-likeness (QED) is 0.897. The van der Waals surface area contributed by atoms with E-state index in [1.54, 1.807) is 19.1 Å². The molecule has 21 heavy (non-hydrogen) atoms. The molecule has 6 heteroatoms. The summed E-state index contributed by atoms with van der Waals surface area (Å²) in [4.78, 5) is 2.49. The van der Waals surface area contributed by atoms with Gasteiger partial charge in [-0.05, 0) is 63.5 Å². The first kappa shape index (κ1) is 16.0. The molecule has 0 aliphatic carbocycles. The predicted octanol–water partition coefficient (Wildman–Crippen LogP) is 1.63. The van der Waals surface area contributed by atoms with Gasteiger partial charge >= 0.3 is 0 Å². The zero-order chi connectivity index (χ0) is 15.5. The largest absolute Gasteiger partial charge is 0.302 e. The molecule has 0 bridgehead atoms. The summed E-state index contributed by atoms with van der Waals surface area (Å²) in [7, 11) is -3.53. The Morgan fingerprint density at radius 2 is 2.05 bits per heavy atom. The Morgan fingerprint density at radius 3 is 2.62 bits per heavy atom. The summed E-state index contributed by atoms with van der Waals surface area (Å²) in [5.41, 5.74) is 1.17. The number of nitrogens with zero attached hydrogens (tertiary/aromatic N) is 2. The lowest BCUT2D eigenvalue weighted by Crippen LogP contribution is -2.41. The first-order valence-corrected chi connectivity index (χ1v) is 8.66. The van der Waals surface area contributed by atoms with Crippen LogP contribution in [0.25, 0.3) is 0 Å². The third-order valence-corrected chi connectivity index (χ3v) is 5.30. The molecule has 1 unspecified atom stereocenters. The number of nitrogens with one attached hydrogen (secondary N) is 1. The van der Waals surface area contributed by atoms with E-state index in [-0.39, 0.29) is 10.9 Å². The molecule has 1 saturated heterocycles. The minimum atomic E-state index is -3.53. The predicted molar refractivity (Wildman–Crippen MR) is 81.4 cm³/mol. The van der Waals surface area contributed by atoms with Crippen LogP contribution in [-0.4, -0.2) is 39.0 Å². The minimum Gasteiger partial charge on any atom is -0.302 e. The van der Waals surface area contributed by atoms with Crippen LogP contribution in [0.1, 0.15) is 30.9 Å². The highest BCUT2D eigenvalue weighted by Gasteiger charge is 2.21. The maximum Gasteiger partial charge on any atom is 0.240 e. The van der Waals surface area contributed by atoms with Crippen LogP contribution in [0.4, 0.5) is 0 Å². The third-order valence-electron chi connectivity index (χ3n) is 3.72. The van der Waals surface area contributed by atoms with Crippen molar-refractivity contribution in [2.24, 2.45) is 0 Å². The van der Waals surface area contributed by atoms with E-state index in [4.69, 9.17) is 5.26 Å². The highest BCUT2D eigenvalue weighted by Crippen LogP contribution is 2.15. The van der Waals surface area contributed by atoms with Gasteiger partial charge in [0.1, 0.15) is 0 Å². The molecule has 0 aromatic heterocycles. The van der Waals surface area contributed by atoms with E-state index in [0.29, 0.717) is 11.1 Å². The van der Waals surface area contributed by atoms with Gasteiger partial charge in [-0.2, -0.15) is 5.26 Å². The average Bonchev–Trinajstić information content (AvgIpc) is 2.90. The second-order valence-electron chi connectivity index (χ2n) is 5.62. The van der Waals surface area contributed by atoms with Gasteiger partial charge in [0.2, 0.25) is 10.0 Å².